The number of furan rings is 1. The predicted molar refractivity (Wildman–Crippen MR) is 99.8 cm³/mol. The number of aromatic amines is 1. The molecule has 0 amide bonds. The van der Waals surface area contributed by atoms with Crippen molar-refractivity contribution >= 4 is 40.7 Å². The second-order valence-electron chi connectivity index (χ2n) is 5.32. The lowest BCUT2D eigenvalue weighted by Crippen LogP contribution is -2.20. The van der Waals surface area contributed by atoms with E-state index in [4.69, 9.17) is 4.42 Å². The lowest BCUT2D eigenvalue weighted by Gasteiger charge is -2.16. The van der Waals surface area contributed by atoms with Crippen LogP contribution in [0.1, 0.15) is 19.6 Å². The average molecular weight is 357 g/mol. The Hall–Kier alpha value is -2.67. The third-order valence-corrected chi connectivity index (χ3v) is 4.65. The topological polar surface area (TPSA) is 82.4 Å². The molecule has 7 heteroatoms. The molecule has 0 radical (unpaired) electrons. The molecule has 6 nitrogen and oxygen atoms in total. The Morgan fingerprint density at radius 2 is 2.04 bits per heavy atom. The molecule has 0 aliphatic heterocycles. The number of aromatic nitrogens is 2. The van der Waals surface area contributed by atoms with E-state index in [9.17, 15) is 9.90 Å². The summed E-state index contributed by atoms with van der Waals surface area (Å²) in [4.78, 5) is 21.3. The number of nitrogens with one attached hydrogen (secondary N) is 1. The zero-order valence-corrected chi connectivity index (χ0v) is 14.8. The minimum Gasteiger partial charge on any atom is -0.477 e. The van der Waals surface area contributed by atoms with Crippen molar-refractivity contribution in [3.05, 3.63) is 47.1 Å². The van der Waals surface area contributed by atoms with Crippen molar-refractivity contribution < 1.29 is 14.3 Å². The number of imidazole rings is 1. The highest BCUT2D eigenvalue weighted by molar-refractivity contribution is 8.04. The largest absolute Gasteiger partial charge is 0.477 e. The molecule has 0 atom stereocenters. The first-order chi connectivity index (χ1) is 12.1. The van der Waals surface area contributed by atoms with Gasteiger partial charge in [-0.1, -0.05) is 12.1 Å². The van der Waals surface area contributed by atoms with Crippen LogP contribution in [0, 0.1) is 0 Å². The van der Waals surface area contributed by atoms with Crippen LogP contribution in [0.25, 0.3) is 17.1 Å². The van der Waals surface area contributed by atoms with Crippen molar-refractivity contribution in [2.24, 2.45) is 0 Å². The van der Waals surface area contributed by atoms with E-state index in [1.807, 2.05) is 44.2 Å². The molecule has 1 aromatic carbocycles. The normalized spacial score (nSPS) is 11.8. The Morgan fingerprint density at radius 1 is 1.28 bits per heavy atom. The predicted octanol–water partition coefficient (Wildman–Crippen LogP) is 4.22. The Bertz CT molecular complexity index is 876. The highest BCUT2D eigenvalue weighted by Crippen LogP contribution is 2.29. The molecule has 3 rings (SSSR count). The Morgan fingerprint density at radius 3 is 2.72 bits per heavy atom. The molecule has 25 heavy (non-hydrogen) atoms. The molecule has 0 bridgehead atoms. The van der Waals surface area contributed by atoms with Crippen LogP contribution in [-0.4, -0.2) is 34.1 Å². The fourth-order valence-corrected chi connectivity index (χ4v) is 3.25. The summed E-state index contributed by atoms with van der Waals surface area (Å²) in [6.07, 6.45) is 1.52. The molecule has 3 aromatic rings. The number of fused-ring (bicyclic) bond motifs is 1. The maximum Gasteiger partial charge on any atom is 0.342 e. The standard InChI is InChI=1S/C18H19N3O3S/c1-3-21(4-2)16-10-9-12(24-16)11-15(17(22)23)25-18-19-13-7-5-6-8-14(13)20-18/h5-11H,3-4H2,1-2H3,(H,19,20)(H,22,23)/b15-11-. The number of nitrogens with zero attached hydrogens (tertiary/aromatic N) is 2. The molecule has 0 fully saturated rings. The molecular formula is C18H19N3O3S. The van der Waals surface area contributed by atoms with E-state index < -0.39 is 5.97 Å². The molecule has 0 unspecified atom stereocenters. The molecule has 2 heterocycles. The van der Waals surface area contributed by atoms with Crippen LogP contribution in [0.4, 0.5) is 5.88 Å². The molecular weight excluding hydrogens is 338 g/mol. The summed E-state index contributed by atoms with van der Waals surface area (Å²) in [7, 11) is 0. The Labute approximate surface area is 149 Å². The number of benzene rings is 1. The van der Waals surface area contributed by atoms with Crippen molar-refractivity contribution in [1.29, 1.82) is 0 Å². The molecule has 0 saturated heterocycles. The number of carbonyl (C=O) groups is 1. The van der Waals surface area contributed by atoms with E-state index in [-0.39, 0.29) is 4.91 Å². The van der Waals surface area contributed by atoms with Crippen LogP contribution < -0.4 is 4.90 Å². The van der Waals surface area contributed by atoms with Gasteiger partial charge < -0.3 is 19.4 Å². The SMILES string of the molecule is CCN(CC)c1ccc(/C=C(\Sc2nc3ccccc3[nH]2)C(=O)O)o1. The summed E-state index contributed by atoms with van der Waals surface area (Å²) >= 11 is 1.07. The zero-order valence-electron chi connectivity index (χ0n) is 14.0. The minimum absolute atomic E-state index is 0.138. The lowest BCUT2D eigenvalue weighted by molar-refractivity contribution is -0.131. The Balaban J connectivity index is 1.85. The molecule has 2 aromatic heterocycles. The molecule has 0 aliphatic rings. The number of hydrogen-bond donors (Lipinski definition) is 2. The summed E-state index contributed by atoms with van der Waals surface area (Å²) in [5.74, 6) is 0.212. The van der Waals surface area contributed by atoms with Gasteiger partial charge in [-0.2, -0.15) is 0 Å². The highest BCUT2D eigenvalue weighted by Gasteiger charge is 2.15. The second kappa shape index (κ2) is 7.48. The van der Waals surface area contributed by atoms with E-state index in [2.05, 4.69) is 14.9 Å². The fourth-order valence-electron chi connectivity index (χ4n) is 2.47. The maximum atomic E-state index is 11.6. The zero-order chi connectivity index (χ0) is 17.8. The van der Waals surface area contributed by atoms with Crippen molar-refractivity contribution in [2.75, 3.05) is 18.0 Å². The quantitative estimate of drug-likeness (QED) is 0.487. The number of thioether (sulfide) groups is 1. The minimum atomic E-state index is -1.02. The van der Waals surface area contributed by atoms with Crippen molar-refractivity contribution in [2.45, 2.75) is 19.0 Å². The average Bonchev–Trinajstić information content (AvgIpc) is 3.22. The van der Waals surface area contributed by atoms with Crippen LogP contribution >= 0.6 is 11.8 Å². The number of carboxylic acids is 1. The molecule has 0 aliphatic carbocycles. The van der Waals surface area contributed by atoms with Crippen LogP contribution in [0.2, 0.25) is 0 Å². The highest BCUT2D eigenvalue weighted by atomic mass is 32.2. The van der Waals surface area contributed by atoms with Gasteiger partial charge in [-0.25, -0.2) is 9.78 Å². The summed E-state index contributed by atoms with van der Waals surface area (Å²) in [5, 5.41) is 10.0. The maximum absolute atomic E-state index is 11.6. The van der Waals surface area contributed by atoms with Gasteiger partial charge in [0, 0.05) is 25.2 Å². The van der Waals surface area contributed by atoms with Crippen LogP contribution in [0.15, 0.2) is 50.9 Å². The van der Waals surface area contributed by atoms with Crippen LogP contribution in [0.5, 0.6) is 0 Å². The van der Waals surface area contributed by atoms with Gasteiger partial charge in [0.25, 0.3) is 0 Å². The van der Waals surface area contributed by atoms with E-state index >= 15 is 0 Å². The number of H-pyrrole nitrogens is 1. The number of rotatable bonds is 7. The van der Waals surface area contributed by atoms with Gasteiger partial charge in [-0.05, 0) is 43.8 Å². The lowest BCUT2D eigenvalue weighted by atomic mass is 10.3. The van der Waals surface area contributed by atoms with Crippen molar-refractivity contribution in [3.8, 4) is 0 Å². The third kappa shape index (κ3) is 3.88. The van der Waals surface area contributed by atoms with Gasteiger partial charge in [-0.15, -0.1) is 0 Å². The summed E-state index contributed by atoms with van der Waals surface area (Å²) in [6, 6.07) is 11.2. The monoisotopic (exact) mass is 357 g/mol. The van der Waals surface area contributed by atoms with E-state index in [0.717, 1.165) is 41.8 Å². The van der Waals surface area contributed by atoms with Gasteiger partial charge in [-0.3, -0.25) is 0 Å². The third-order valence-electron chi connectivity index (χ3n) is 3.75. The van der Waals surface area contributed by atoms with E-state index in [0.29, 0.717) is 10.9 Å². The van der Waals surface area contributed by atoms with Crippen LogP contribution in [-0.2, 0) is 4.79 Å². The van der Waals surface area contributed by atoms with E-state index in [1.165, 1.54) is 6.08 Å². The number of carboxylic acid groups (broad SMARTS) is 1. The van der Waals surface area contributed by atoms with Crippen molar-refractivity contribution in [3.63, 3.8) is 0 Å². The van der Waals surface area contributed by atoms with Gasteiger partial charge in [0.2, 0.25) is 0 Å². The summed E-state index contributed by atoms with van der Waals surface area (Å²) < 4.78 is 5.75. The fraction of sp³-hybridized carbons (Fsp3) is 0.222. The second-order valence-corrected chi connectivity index (χ2v) is 6.35. The first-order valence-corrected chi connectivity index (χ1v) is 8.84. The summed E-state index contributed by atoms with van der Waals surface area (Å²) in [5.41, 5.74) is 1.67. The molecule has 2 N–H and O–H groups in total. The van der Waals surface area contributed by atoms with Crippen molar-refractivity contribution in [1.82, 2.24) is 9.97 Å². The number of aliphatic carboxylic acids is 1. The smallest absolute Gasteiger partial charge is 0.342 e. The number of para-hydroxylation sites is 2. The van der Waals surface area contributed by atoms with E-state index in [1.54, 1.807) is 6.07 Å². The number of anilines is 1. The van der Waals surface area contributed by atoms with Gasteiger partial charge in [0.15, 0.2) is 11.0 Å². The first-order valence-electron chi connectivity index (χ1n) is 8.03. The Kier molecular flexibility index (Phi) is 5.14. The molecule has 130 valence electrons. The first kappa shape index (κ1) is 17.2. The van der Waals surface area contributed by atoms with Gasteiger partial charge >= 0.3 is 5.97 Å². The molecule has 0 saturated carbocycles. The van der Waals surface area contributed by atoms with Gasteiger partial charge in [0.05, 0.1) is 11.0 Å². The van der Waals surface area contributed by atoms with Crippen LogP contribution in [0.3, 0.4) is 0 Å². The molecule has 0 spiro atoms. The van der Waals surface area contributed by atoms with Gasteiger partial charge in [0.1, 0.15) is 10.7 Å². The summed E-state index contributed by atoms with van der Waals surface area (Å²) in [6.45, 7) is 5.74. The number of hydrogen-bond acceptors (Lipinski definition) is 5.